The van der Waals surface area contributed by atoms with Crippen molar-refractivity contribution in [2.75, 3.05) is 5.32 Å². The lowest BCUT2D eigenvalue weighted by molar-refractivity contribution is 0.102. The molecule has 2 aromatic heterocycles. The normalized spacial score (nSPS) is 10.1. The Morgan fingerprint density at radius 2 is 2.25 bits per heavy atom. The van der Waals surface area contributed by atoms with Gasteiger partial charge in [0.1, 0.15) is 15.8 Å². The maximum absolute atomic E-state index is 11.8. The van der Waals surface area contributed by atoms with Crippen molar-refractivity contribution in [2.24, 2.45) is 0 Å². The van der Waals surface area contributed by atoms with Crippen LogP contribution in [0.4, 0.5) is 5.82 Å². The molecule has 0 atom stereocenters. The molecule has 0 aliphatic rings. The van der Waals surface area contributed by atoms with Gasteiger partial charge in [0.25, 0.3) is 5.91 Å². The van der Waals surface area contributed by atoms with Gasteiger partial charge in [-0.05, 0) is 39.5 Å². The minimum absolute atomic E-state index is 0.198. The Hall–Kier alpha value is -0.910. The van der Waals surface area contributed by atoms with Gasteiger partial charge in [-0.3, -0.25) is 4.79 Å². The van der Waals surface area contributed by atoms with Gasteiger partial charge in [-0.1, -0.05) is 17.7 Å². The summed E-state index contributed by atoms with van der Waals surface area (Å²) < 4.78 is 0.775. The minimum Gasteiger partial charge on any atom is -0.306 e. The Labute approximate surface area is 110 Å². The molecule has 0 aliphatic heterocycles. The van der Waals surface area contributed by atoms with Crippen LogP contribution in [0.3, 0.4) is 0 Å². The summed E-state index contributed by atoms with van der Waals surface area (Å²) in [4.78, 5) is 16.4. The van der Waals surface area contributed by atoms with Crippen molar-refractivity contribution in [3.63, 3.8) is 0 Å². The molecule has 0 bridgehead atoms. The fraction of sp³-hybridized carbons (Fsp3) is 0. The first-order valence-electron chi connectivity index (χ1n) is 4.34. The van der Waals surface area contributed by atoms with Gasteiger partial charge < -0.3 is 5.32 Å². The van der Waals surface area contributed by atoms with Crippen LogP contribution in [-0.2, 0) is 0 Å². The average molecular weight is 318 g/mol. The van der Waals surface area contributed by atoms with Gasteiger partial charge in [0.15, 0.2) is 0 Å². The van der Waals surface area contributed by atoms with Gasteiger partial charge in [-0.15, -0.1) is 11.3 Å². The highest BCUT2D eigenvalue weighted by Gasteiger charge is 2.11. The number of nitrogens with one attached hydrogen (secondary N) is 1. The molecule has 0 aromatic carbocycles. The van der Waals surface area contributed by atoms with E-state index >= 15 is 0 Å². The number of anilines is 1. The van der Waals surface area contributed by atoms with Crippen LogP contribution in [0.5, 0.6) is 0 Å². The Bertz CT molecular complexity index is 529. The third-order valence-corrected chi connectivity index (χ3v) is 3.83. The van der Waals surface area contributed by atoms with Crippen molar-refractivity contribution in [3.05, 3.63) is 44.1 Å². The monoisotopic (exact) mass is 316 g/mol. The molecule has 0 aliphatic carbocycles. The highest BCUT2D eigenvalue weighted by atomic mass is 79.9. The molecule has 3 nitrogen and oxygen atoms in total. The van der Waals surface area contributed by atoms with E-state index in [1.165, 1.54) is 11.3 Å². The molecule has 16 heavy (non-hydrogen) atoms. The van der Waals surface area contributed by atoms with E-state index in [0.29, 0.717) is 15.8 Å². The largest absolute Gasteiger partial charge is 0.306 e. The maximum Gasteiger partial charge on any atom is 0.268 e. The zero-order chi connectivity index (χ0) is 11.5. The first kappa shape index (κ1) is 11.6. The molecule has 1 amide bonds. The van der Waals surface area contributed by atoms with E-state index in [2.05, 4.69) is 26.2 Å². The van der Waals surface area contributed by atoms with Gasteiger partial charge in [-0.2, -0.15) is 0 Å². The standard InChI is InChI=1S/C10H6BrClN2OS/c11-6-4-5-16-9(6)10(15)14-8-3-1-2-7(12)13-8/h1-5H,(H,13,14,15). The Morgan fingerprint density at radius 1 is 1.44 bits per heavy atom. The van der Waals surface area contributed by atoms with Gasteiger partial charge in [0.05, 0.1) is 0 Å². The number of thiophene rings is 1. The summed E-state index contributed by atoms with van der Waals surface area (Å²) in [5, 5.41) is 4.86. The molecule has 2 aromatic rings. The van der Waals surface area contributed by atoms with Crippen molar-refractivity contribution >= 4 is 50.6 Å². The fourth-order valence-electron chi connectivity index (χ4n) is 1.11. The van der Waals surface area contributed by atoms with Crippen molar-refractivity contribution in [2.45, 2.75) is 0 Å². The van der Waals surface area contributed by atoms with E-state index < -0.39 is 0 Å². The molecule has 0 fully saturated rings. The molecule has 6 heteroatoms. The van der Waals surface area contributed by atoms with Gasteiger partial charge in [0.2, 0.25) is 0 Å². The van der Waals surface area contributed by atoms with Crippen LogP contribution in [0, 0.1) is 0 Å². The van der Waals surface area contributed by atoms with Crippen molar-refractivity contribution < 1.29 is 4.79 Å². The number of nitrogens with zero attached hydrogens (tertiary/aromatic N) is 1. The first-order chi connectivity index (χ1) is 7.66. The van der Waals surface area contributed by atoms with Crippen LogP contribution in [0.25, 0.3) is 0 Å². The number of pyridine rings is 1. The van der Waals surface area contributed by atoms with E-state index in [1.54, 1.807) is 18.2 Å². The highest BCUT2D eigenvalue weighted by Crippen LogP contribution is 2.23. The highest BCUT2D eigenvalue weighted by molar-refractivity contribution is 9.10. The second-order valence-electron chi connectivity index (χ2n) is 2.90. The predicted octanol–water partition coefficient (Wildman–Crippen LogP) is 3.81. The quantitative estimate of drug-likeness (QED) is 0.856. The number of amides is 1. The van der Waals surface area contributed by atoms with Crippen LogP contribution >= 0.6 is 38.9 Å². The van der Waals surface area contributed by atoms with E-state index in [0.717, 1.165) is 4.47 Å². The summed E-state index contributed by atoms with van der Waals surface area (Å²) in [5.74, 6) is 0.245. The van der Waals surface area contributed by atoms with Crippen LogP contribution in [-0.4, -0.2) is 10.9 Å². The third-order valence-electron chi connectivity index (χ3n) is 1.78. The molecule has 0 spiro atoms. The van der Waals surface area contributed by atoms with Gasteiger partial charge in [-0.25, -0.2) is 4.98 Å². The Balaban J connectivity index is 2.17. The van der Waals surface area contributed by atoms with E-state index in [9.17, 15) is 4.79 Å². The number of aromatic nitrogens is 1. The number of hydrogen-bond donors (Lipinski definition) is 1. The number of rotatable bonds is 2. The fourth-order valence-corrected chi connectivity index (χ4v) is 2.72. The van der Waals surface area contributed by atoms with Crippen molar-refractivity contribution in [1.29, 1.82) is 0 Å². The molecule has 0 saturated carbocycles. The summed E-state index contributed by atoms with van der Waals surface area (Å²) >= 11 is 10.4. The second-order valence-corrected chi connectivity index (χ2v) is 5.06. The predicted molar refractivity (Wildman–Crippen MR) is 69.2 cm³/mol. The Kier molecular flexibility index (Phi) is 3.58. The van der Waals surface area contributed by atoms with Gasteiger partial charge in [0, 0.05) is 4.47 Å². The van der Waals surface area contributed by atoms with Crippen LogP contribution in [0.2, 0.25) is 5.15 Å². The molecule has 2 rings (SSSR count). The second kappa shape index (κ2) is 4.95. The summed E-state index contributed by atoms with van der Waals surface area (Å²) in [7, 11) is 0. The zero-order valence-electron chi connectivity index (χ0n) is 7.91. The molecule has 0 saturated heterocycles. The zero-order valence-corrected chi connectivity index (χ0v) is 11.1. The average Bonchev–Trinajstić information content (AvgIpc) is 2.64. The number of halogens is 2. The van der Waals surface area contributed by atoms with E-state index in [4.69, 9.17) is 11.6 Å². The van der Waals surface area contributed by atoms with E-state index in [1.807, 2.05) is 11.4 Å². The molecular formula is C10H6BrClN2OS. The summed E-state index contributed by atoms with van der Waals surface area (Å²) in [5.41, 5.74) is 0. The third kappa shape index (κ3) is 2.61. The molecule has 0 unspecified atom stereocenters. The van der Waals surface area contributed by atoms with Crippen molar-refractivity contribution in [3.8, 4) is 0 Å². The lowest BCUT2D eigenvalue weighted by Gasteiger charge is -2.02. The molecular weight excluding hydrogens is 312 g/mol. The van der Waals surface area contributed by atoms with Crippen LogP contribution in [0.1, 0.15) is 9.67 Å². The molecule has 2 heterocycles. The van der Waals surface area contributed by atoms with Crippen LogP contribution < -0.4 is 5.32 Å². The molecule has 0 radical (unpaired) electrons. The van der Waals surface area contributed by atoms with E-state index in [-0.39, 0.29) is 5.91 Å². The SMILES string of the molecule is O=C(Nc1cccc(Cl)n1)c1sccc1Br. The number of hydrogen-bond acceptors (Lipinski definition) is 3. The van der Waals surface area contributed by atoms with Crippen LogP contribution in [0.15, 0.2) is 34.1 Å². The lowest BCUT2D eigenvalue weighted by atomic mass is 10.4. The number of carbonyl (C=O) groups excluding carboxylic acids is 1. The molecule has 82 valence electrons. The molecule has 1 N–H and O–H groups in total. The Morgan fingerprint density at radius 3 is 2.88 bits per heavy atom. The maximum atomic E-state index is 11.8. The smallest absolute Gasteiger partial charge is 0.268 e. The van der Waals surface area contributed by atoms with Crippen molar-refractivity contribution in [1.82, 2.24) is 4.98 Å². The topological polar surface area (TPSA) is 42.0 Å². The van der Waals surface area contributed by atoms with Gasteiger partial charge >= 0.3 is 0 Å². The minimum atomic E-state index is -0.198. The lowest BCUT2D eigenvalue weighted by Crippen LogP contribution is -2.11. The summed E-state index contributed by atoms with van der Waals surface area (Å²) in [6.45, 7) is 0. The number of carbonyl (C=O) groups is 1. The first-order valence-corrected chi connectivity index (χ1v) is 6.39. The summed E-state index contributed by atoms with van der Waals surface area (Å²) in [6.07, 6.45) is 0. The summed E-state index contributed by atoms with van der Waals surface area (Å²) in [6, 6.07) is 6.89.